The smallest absolute Gasteiger partial charge is 0.261 e. The number of carbonyl (C=O) groups excluding carboxylic acids is 1. The summed E-state index contributed by atoms with van der Waals surface area (Å²) in [6, 6.07) is 20.9. The predicted octanol–water partition coefficient (Wildman–Crippen LogP) is 4.17. The van der Waals surface area contributed by atoms with Crippen molar-refractivity contribution in [2.75, 3.05) is 18.4 Å². The molecule has 0 fully saturated rings. The van der Waals surface area contributed by atoms with Crippen molar-refractivity contribution in [1.82, 2.24) is 5.32 Å². The minimum Gasteiger partial charge on any atom is -0.497 e. The Balaban J connectivity index is 1.56. The van der Waals surface area contributed by atoms with E-state index in [-0.39, 0.29) is 10.8 Å². The van der Waals surface area contributed by atoms with Crippen LogP contribution in [0.2, 0.25) is 0 Å². The maximum absolute atomic E-state index is 12.6. The van der Waals surface area contributed by atoms with Crippen molar-refractivity contribution >= 4 is 21.6 Å². The van der Waals surface area contributed by atoms with Crippen molar-refractivity contribution in [2.45, 2.75) is 24.7 Å². The van der Waals surface area contributed by atoms with E-state index in [0.29, 0.717) is 17.8 Å². The molecule has 3 rings (SSSR count). The van der Waals surface area contributed by atoms with Gasteiger partial charge in [-0.05, 0) is 67.8 Å². The standard InChI is InChI=1S/C24H26N2O4S/c1-18-11-13-23(14-12-18)31(28,29)26-21-9-4-8-20(17-21)24(27)25-15-5-7-19-6-3-10-22(16-19)30-2/h3-4,6,8-14,16-17,26H,5,7,15H2,1-2H3,(H,25,27). The second-order valence-corrected chi connectivity index (χ2v) is 8.89. The number of nitrogens with one attached hydrogen (secondary N) is 2. The molecule has 0 radical (unpaired) electrons. The first-order valence-corrected chi connectivity index (χ1v) is 11.5. The number of anilines is 1. The molecule has 0 bridgehead atoms. The number of sulfonamides is 1. The number of methoxy groups -OCH3 is 1. The van der Waals surface area contributed by atoms with Crippen molar-refractivity contribution in [3.05, 3.63) is 89.5 Å². The molecule has 162 valence electrons. The molecule has 31 heavy (non-hydrogen) atoms. The first kappa shape index (κ1) is 22.4. The summed E-state index contributed by atoms with van der Waals surface area (Å²) in [4.78, 5) is 12.6. The first-order chi connectivity index (χ1) is 14.9. The average molecular weight is 439 g/mol. The molecule has 2 N–H and O–H groups in total. The first-order valence-electron chi connectivity index (χ1n) is 9.98. The van der Waals surface area contributed by atoms with Gasteiger partial charge < -0.3 is 10.1 Å². The maximum Gasteiger partial charge on any atom is 0.261 e. The lowest BCUT2D eigenvalue weighted by atomic mass is 10.1. The summed E-state index contributed by atoms with van der Waals surface area (Å²) in [5.41, 5.74) is 2.85. The zero-order valence-corrected chi connectivity index (χ0v) is 18.4. The molecule has 0 saturated carbocycles. The van der Waals surface area contributed by atoms with Gasteiger partial charge in [-0.1, -0.05) is 35.9 Å². The lowest BCUT2D eigenvalue weighted by molar-refractivity contribution is 0.0953. The van der Waals surface area contributed by atoms with Crippen LogP contribution in [-0.4, -0.2) is 28.0 Å². The molecular weight excluding hydrogens is 412 g/mol. The monoisotopic (exact) mass is 438 g/mol. The van der Waals surface area contributed by atoms with E-state index in [1.165, 1.54) is 6.07 Å². The van der Waals surface area contributed by atoms with Gasteiger partial charge in [0.05, 0.1) is 12.0 Å². The molecule has 7 heteroatoms. The Bertz CT molecular complexity index is 1140. The summed E-state index contributed by atoms with van der Waals surface area (Å²) >= 11 is 0. The summed E-state index contributed by atoms with van der Waals surface area (Å²) in [6.07, 6.45) is 1.59. The van der Waals surface area contributed by atoms with E-state index in [0.717, 1.165) is 29.7 Å². The van der Waals surface area contributed by atoms with Crippen LogP contribution in [0.15, 0.2) is 77.7 Å². The van der Waals surface area contributed by atoms with Crippen LogP contribution in [0, 0.1) is 6.92 Å². The average Bonchev–Trinajstić information content (AvgIpc) is 2.77. The minimum absolute atomic E-state index is 0.172. The minimum atomic E-state index is -3.72. The highest BCUT2D eigenvalue weighted by atomic mass is 32.2. The summed E-state index contributed by atoms with van der Waals surface area (Å²) in [6.45, 7) is 2.40. The number of hydrogen-bond acceptors (Lipinski definition) is 4. The van der Waals surface area contributed by atoms with E-state index >= 15 is 0 Å². The van der Waals surface area contributed by atoms with Gasteiger partial charge in [0.15, 0.2) is 0 Å². The molecule has 1 amide bonds. The summed E-state index contributed by atoms with van der Waals surface area (Å²) in [7, 11) is -2.09. The molecule has 0 atom stereocenters. The van der Waals surface area contributed by atoms with Crippen LogP contribution in [0.25, 0.3) is 0 Å². The summed E-state index contributed by atoms with van der Waals surface area (Å²) in [5, 5.41) is 2.88. The molecule has 0 aromatic heterocycles. The maximum atomic E-state index is 12.6. The predicted molar refractivity (Wildman–Crippen MR) is 122 cm³/mol. The fourth-order valence-corrected chi connectivity index (χ4v) is 4.13. The van der Waals surface area contributed by atoms with Crippen molar-refractivity contribution in [2.24, 2.45) is 0 Å². The lowest BCUT2D eigenvalue weighted by Gasteiger charge is -2.10. The number of benzene rings is 3. The highest BCUT2D eigenvalue weighted by molar-refractivity contribution is 7.92. The molecule has 0 aliphatic carbocycles. The van der Waals surface area contributed by atoms with Crippen LogP contribution < -0.4 is 14.8 Å². The molecule has 0 heterocycles. The zero-order chi connectivity index (χ0) is 22.3. The van der Waals surface area contributed by atoms with Gasteiger partial charge in [0.25, 0.3) is 15.9 Å². The van der Waals surface area contributed by atoms with Crippen LogP contribution in [0.1, 0.15) is 27.9 Å². The van der Waals surface area contributed by atoms with Crippen LogP contribution in [0.3, 0.4) is 0 Å². The number of amides is 1. The van der Waals surface area contributed by atoms with E-state index < -0.39 is 10.0 Å². The Hall–Kier alpha value is -3.32. The molecule has 3 aromatic carbocycles. The number of carbonyl (C=O) groups is 1. The molecule has 3 aromatic rings. The van der Waals surface area contributed by atoms with Gasteiger partial charge in [-0.3, -0.25) is 9.52 Å². The van der Waals surface area contributed by atoms with Gasteiger partial charge >= 0.3 is 0 Å². The van der Waals surface area contributed by atoms with E-state index in [1.54, 1.807) is 49.6 Å². The number of ether oxygens (including phenoxy) is 1. The molecule has 0 saturated heterocycles. The Morgan fingerprint density at radius 2 is 1.71 bits per heavy atom. The van der Waals surface area contributed by atoms with Crippen LogP contribution >= 0.6 is 0 Å². The van der Waals surface area contributed by atoms with Gasteiger partial charge in [0.1, 0.15) is 5.75 Å². The van der Waals surface area contributed by atoms with Gasteiger partial charge in [-0.2, -0.15) is 0 Å². The van der Waals surface area contributed by atoms with Gasteiger partial charge in [-0.15, -0.1) is 0 Å². The third kappa shape index (κ3) is 6.33. The van der Waals surface area contributed by atoms with Crippen LogP contribution in [0.4, 0.5) is 5.69 Å². The Morgan fingerprint density at radius 1 is 0.968 bits per heavy atom. The van der Waals surface area contributed by atoms with Crippen LogP contribution in [-0.2, 0) is 16.4 Å². The Labute approximate surface area is 183 Å². The third-order valence-electron chi connectivity index (χ3n) is 4.77. The van der Waals surface area contributed by atoms with Gasteiger partial charge in [0, 0.05) is 17.8 Å². The highest BCUT2D eigenvalue weighted by Gasteiger charge is 2.15. The molecule has 0 aliphatic heterocycles. The quantitative estimate of drug-likeness (QED) is 0.491. The SMILES string of the molecule is COc1cccc(CCCNC(=O)c2cccc(NS(=O)(=O)c3ccc(C)cc3)c2)c1. The second-order valence-electron chi connectivity index (χ2n) is 7.21. The Morgan fingerprint density at radius 3 is 2.45 bits per heavy atom. The molecule has 6 nitrogen and oxygen atoms in total. The fourth-order valence-electron chi connectivity index (χ4n) is 3.08. The van der Waals surface area contributed by atoms with Gasteiger partial charge in [-0.25, -0.2) is 8.42 Å². The Kier molecular flexibility index (Phi) is 7.31. The summed E-state index contributed by atoms with van der Waals surface area (Å²) < 4.78 is 32.9. The number of rotatable bonds is 9. The van der Waals surface area contributed by atoms with Crippen LogP contribution in [0.5, 0.6) is 5.75 Å². The van der Waals surface area contributed by atoms with Gasteiger partial charge in [0.2, 0.25) is 0 Å². The fraction of sp³-hybridized carbons (Fsp3) is 0.208. The van der Waals surface area contributed by atoms with E-state index in [4.69, 9.17) is 4.74 Å². The van der Waals surface area contributed by atoms with E-state index in [2.05, 4.69) is 10.0 Å². The summed E-state index contributed by atoms with van der Waals surface area (Å²) in [5.74, 6) is 0.563. The topological polar surface area (TPSA) is 84.5 Å². The molecular formula is C24H26N2O4S. The van der Waals surface area contributed by atoms with E-state index in [9.17, 15) is 13.2 Å². The van der Waals surface area contributed by atoms with Crippen molar-refractivity contribution in [3.63, 3.8) is 0 Å². The number of aryl methyl sites for hydroxylation is 2. The normalized spacial score (nSPS) is 11.0. The zero-order valence-electron chi connectivity index (χ0n) is 17.6. The van der Waals surface area contributed by atoms with Crippen molar-refractivity contribution in [3.8, 4) is 5.75 Å². The highest BCUT2D eigenvalue weighted by Crippen LogP contribution is 2.18. The molecule has 0 spiro atoms. The number of hydrogen-bond donors (Lipinski definition) is 2. The lowest BCUT2D eigenvalue weighted by Crippen LogP contribution is -2.25. The third-order valence-corrected chi connectivity index (χ3v) is 6.17. The van der Waals surface area contributed by atoms with E-state index in [1.807, 2.05) is 31.2 Å². The van der Waals surface area contributed by atoms with Crippen molar-refractivity contribution < 1.29 is 17.9 Å². The largest absolute Gasteiger partial charge is 0.497 e. The molecule has 0 unspecified atom stereocenters. The second kappa shape index (κ2) is 10.1. The van der Waals surface area contributed by atoms with Crippen molar-refractivity contribution in [1.29, 1.82) is 0 Å². The molecule has 0 aliphatic rings.